The van der Waals surface area contributed by atoms with Crippen LogP contribution in [0.2, 0.25) is 0 Å². The van der Waals surface area contributed by atoms with Crippen molar-refractivity contribution in [2.24, 2.45) is 4.99 Å². The van der Waals surface area contributed by atoms with Crippen molar-refractivity contribution in [1.82, 2.24) is 4.98 Å². The maximum Gasteiger partial charge on any atom is 0.114 e. The average molecular weight is 230 g/mol. The molecular weight excluding hydrogens is 218 g/mol. The van der Waals surface area contributed by atoms with Gasteiger partial charge >= 0.3 is 0 Å². The van der Waals surface area contributed by atoms with Crippen molar-refractivity contribution in [2.45, 2.75) is 6.04 Å². The number of hydrogen-bond acceptors (Lipinski definition) is 3. The van der Waals surface area contributed by atoms with Gasteiger partial charge in [-0.05, 0) is 19.1 Å². The fraction of sp³-hybridized carbons (Fsp3) is 0.167. The van der Waals surface area contributed by atoms with E-state index in [9.17, 15) is 0 Å². The first kappa shape index (κ1) is 9.78. The molecule has 0 saturated heterocycles. The minimum Gasteiger partial charge on any atom is -0.397 e. The third-order valence-corrected chi connectivity index (χ3v) is 3.78. The van der Waals surface area contributed by atoms with Crippen LogP contribution in [0.3, 0.4) is 0 Å². The molecule has 3 rings (SSSR count). The van der Waals surface area contributed by atoms with Crippen LogP contribution in [0.1, 0.15) is 5.69 Å². The number of para-hydroxylation sites is 1. The predicted octanol–water partition coefficient (Wildman–Crippen LogP) is 2.45. The molecule has 1 aliphatic heterocycles. The molecule has 1 radical (unpaired) electrons. The summed E-state index contributed by atoms with van der Waals surface area (Å²) in [4.78, 5) is 7.80. The standard InChI is InChI=1S/C12H12N3S/c1-7-6-16-12(14-7)10-5-8-3-2-4-9(13)11(8)15-10/h2-5,7,15H,1,6,13H2/t7-/m1/s1. The van der Waals surface area contributed by atoms with E-state index in [4.69, 9.17) is 5.73 Å². The largest absolute Gasteiger partial charge is 0.397 e. The molecule has 2 heterocycles. The summed E-state index contributed by atoms with van der Waals surface area (Å²) in [5, 5.41) is 2.17. The summed E-state index contributed by atoms with van der Waals surface area (Å²) in [6.45, 7) is 3.94. The molecule has 0 aliphatic carbocycles. The van der Waals surface area contributed by atoms with E-state index in [0.29, 0.717) is 0 Å². The van der Waals surface area contributed by atoms with Gasteiger partial charge < -0.3 is 10.7 Å². The molecule has 3 nitrogen and oxygen atoms in total. The molecule has 0 fully saturated rings. The number of benzene rings is 1. The van der Waals surface area contributed by atoms with Gasteiger partial charge in [-0.15, -0.1) is 11.8 Å². The zero-order valence-corrected chi connectivity index (χ0v) is 9.55. The molecule has 81 valence electrons. The normalized spacial score (nSPS) is 20.3. The van der Waals surface area contributed by atoms with E-state index < -0.39 is 0 Å². The van der Waals surface area contributed by atoms with Gasteiger partial charge in [0.1, 0.15) is 5.04 Å². The van der Waals surface area contributed by atoms with Crippen molar-refractivity contribution >= 4 is 33.4 Å². The van der Waals surface area contributed by atoms with Gasteiger partial charge in [0.25, 0.3) is 0 Å². The minimum absolute atomic E-state index is 0.170. The molecule has 16 heavy (non-hydrogen) atoms. The number of anilines is 1. The van der Waals surface area contributed by atoms with Crippen molar-refractivity contribution in [1.29, 1.82) is 0 Å². The van der Waals surface area contributed by atoms with E-state index in [1.54, 1.807) is 11.8 Å². The molecule has 0 bridgehead atoms. The molecule has 0 amide bonds. The van der Waals surface area contributed by atoms with Crippen LogP contribution in [0.5, 0.6) is 0 Å². The van der Waals surface area contributed by atoms with Crippen LogP contribution >= 0.6 is 11.8 Å². The number of aromatic amines is 1. The lowest BCUT2D eigenvalue weighted by Gasteiger charge is -1.94. The molecule has 0 unspecified atom stereocenters. The molecule has 1 aromatic heterocycles. The molecular formula is C12H12N3S. The van der Waals surface area contributed by atoms with E-state index in [2.05, 4.69) is 23.0 Å². The molecule has 3 N–H and O–H groups in total. The van der Waals surface area contributed by atoms with Crippen LogP contribution in [-0.2, 0) is 0 Å². The summed E-state index contributed by atoms with van der Waals surface area (Å²) in [5.74, 6) is 0.959. The van der Waals surface area contributed by atoms with E-state index in [-0.39, 0.29) is 6.04 Å². The van der Waals surface area contributed by atoms with Gasteiger partial charge in [-0.3, -0.25) is 4.99 Å². The summed E-state index contributed by atoms with van der Waals surface area (Å²) >= 11 is 1.74. The fourth-order valence-electron chi connectivity index (χ4n) is 1.86. The van der Waals surface area contributed by atoms with Gasteiger partial charge in [-0.1, -0.05) is 12.1 Å². The van der Waals surface area contributed by atoms with Gasteiger partial charge in [0.05, 0.1) is 22.9 Å². The Hall–Kier alpha value is -1.42. The number of hydrogen-bond donors (Lipinski definition) is 2. The summed E-state index contributed by atoms with van der Waals surface area (Å²) in [6.07, 6.45) is 0. The Morgan fingerprint density at radius 1 is 1.50 bits per heavy atom. The highest BCUT2D eigenvalue weighted by molar-refractivity contribution is 8.14. The maximum atomic E-state index is 5.91. The molecule has 1 aliphatic rings. The van der Waals surface area contributed by atoms with E-state index >= 15 is 0 Å². The van der Waals surface area contributed by atoms with Crippen molar-refractivity contribution in [2.75, 3.05) is 11.5 Å². The van der Waals surface area contributed by atoms with E-state index in [1.807, 2.05) is 18.2 Å². The monoisotopic (exact) mass is 230 g/mol. The lowest BCUT2D eigenvalue weighted by atomic mass is 10.2. The Morgan fingerprint density at radius 2 is 2.38 bits per heavy atom. The smallest absolute Gasteiger partial charge is 0.114 e. The number of nitrogens with one attached hydrogen (secondary N) is 1. The first-order valence-corrected chi connectivity index (χ1v) is 6.14. The molecule has 4 heteroatoms. The quantitative estimate of drug-likeness (QED) is 0.739. The second-order valence-electron chi connectivity index (χ2n) is 3.89. The Morgan fingerprint density at radius 3 is 3.06 bits per heavy atom. The van der Waals surface area contributed by atoms with Gasteiger partial charge in [-0.2, -0.15) is 0 Å². The summed E-state index contributed by atoms with van der Waals surface area (Å²) in [6, 6.07) is 8.17. The first-order valence-electron chi connectivity index (χ1n) is 5.15. The third-order valence-electron chi connectivity index (χ3n) is 2.63. The summed E-state index contributed by atoms with van der Waals surface area (Å²) < 4.78 is 0. The van der Waals surface area contributed by atoms with Crippen molar-refractivity contribution < 1.29 is 0 Å². The Kier molecular flexibility index (Phi) is 2.17. The van der Waals surface area contributed by atoms with Crippen molar-refractivity contribution in [3.05, 3.63) is 36.9 Å². The molecule has 1 atom stereocenters. The Labute approximate surface area is 98.1 Å². The lowest BCUT2D eigenvalue weighted by Crippen LogP contribution is -1.94. The van der Waals surface area contributed by atoms with Crippen molar-refractivity contribution in [3.8, 4) is 0 Å². The Bertz CT molecular complexity index is 571. The van der Waals surface area contributed by atoms with E-state index in [0.717, 1.165) is 33.1 Å². The lowest BCUT2D eigenvalue weighted by molar-refractivity contribution is 0.957. The third kappa shape index (κ3) is 1.50. The summed E-state index contributed by atoms with van der Waals surface area (Å²) in [5.41, 5.74) is 8.72. The fourth-order valence-corrected chi connectivity index (χ4v) is 2.77. The second kappa shape index (κ2) is 3.56. The molecule has 0 saturated carbocycles. The SMILES string of the molecule is [CH2][C@@H]1CSC(c2cc3cccc(N)c3[nH]2)=N1. The number of rotatable bonds is 1. The van der Waals surface area contributed by atoms with Crippen LogP contribution in [0, 0.1) is 6.92 Å². The first-order chi connectivity index (χ1) is 7.74. The van der Waals surface area contributed by atoms with Crippen LogP contribution in [0.4, 0.5) is 5.69 Å². The van der Waals surface area contributed by atoms with Gasteiger partial charge in [-0.25, -0.2) is 0 Å². The van der Waals surface area contributed by atoms with Crippen LogP contribution in [0.25, 0.3) is 10.9 Å². The van der Waals surface area contributed by atoms with Crippen LogP contribution in [0.15, 0.2) is 29.3 Å². The highest BCUT2D eigenvalue weighted by Gasteiger charge is 2.17. The highest BCUT2D eigenvalue weighted by atomic mass is 32.2. The van der Waals surface area contributed by atoms with Crippen molar-refractivity contribution in [3.63, 3.8) is 0 Å². The zero-order chi connectivity index (χ0) is 11.1. The van der Waals surface area contributed by atoms with E-state index in [1.165, 1.54) is 0 Å². The number of nitrogens with two attached hydrogens (primary N) is 1. The second-order valence-corrected chi connectivity index (χ2v) is 4.90. The van der Waals surface area contributed by atoms with Crippen LogP contribution in [-0.4, -0.2) is 21.8 Å². The molecule has 2 aromatic rings. The number of aromatic nitrogens is 1. The van der Waals surface area contributed by atoms with Crippen LogP contribution < -0.4 is 5.73 Å². The number of fused-ring (bicyclic) bond motifs is 1. The predicted molar refractivity (Wildman–Crippen MR) is 70.9 cm³/mol. The van der Waals surface area contributed by atoms with Gasteiger partial charge in [0.2, 0.25) is 0 Å². The number of H-pyrrole nitrogens is 1. The zero-order valence-electron chi connectivity index (χ0n) is 8.73. The average Bonchev–Trinajstić information content (AvgIpc) is 2.84. The Balaban J connectivity index is 2.12. The maximum absolute atomic E-state index is 5.91. The number of aliphatic imine (C=N–C) groups is 1. The van der Waals surface area contributed by atoms with Gasteiger partial charge in [0.15, 0.2) is 0 Å². The minimum atomic E-state index is 0.170. The highest BCUT2D eigenvalue weighted by Crippen LogP contribution is 2.27. The number of thioether (sulfide) groups is 1. The van der Waals surface area contributed by atoms with Gasteiger partial charge in [0, 0.05) is 11.1 Å². The molecule has 0 spiro atoms. The number of nitrogen functional groups attached to an aromatic ring is 1. The topological polar surface area (TPSA) is 54.2 Å². The molecule has 1 aromatic carbocycles. The number of nitrogens with zero attached hydrogens (tertiary/aromatic N) is 1. The summed E-state index contributed by atoms with van der Waals surface area (Å²) in [7, 11) is 0.